The molecule has 2 heteroatoms. The molecule has 0 radical (unpaired) electrons. The third-order valence-corrected chi connectivity index (χ3v) is 3.25. The van der Waals surface area contributed by atoms with Gasteiger partial charge in [0.05, 0.1) is 0 Å². The molecule has 17 heavy (non-hydrogen) atoms. The summed E-state index contributed by atoms with van der Waals surface area (Å²) in [4.78, 5) is 4.56. The Balaban J connectivity index is 2.65. The van der Waals surface area contributed by atoms with E-state index in [-0.39, 0.29) is 0 Å². The summed E-state index contributed by atoms with van der Waals surface area (Å²) in [6.07, 6.45) is 3.85. The molecule has 2 nitrogen and oxygen atoms in total. The van der Waals surface area contributed by atoms with Gasteiger partial charge < -0.3 is 5.32 Å². The van der Waals surface area contributed by atoms with Gasteiger partial charge in [-0.25, -0.2) is 0 Å². The van der Waals surface area contributed by atoms with Gasteiger partial charge >= 0.3 is 0 Å². The van der Waals surface area contributed by atoms with Crippen LogP contribution in [0.2, 0.25) is 0 Å². The molecule has 0 spiro atoms. The molecule has 0 aliphatic rings. The first-order valence-corrected chi connectivity index (χ1v) is 6.74. The molecule has 96 valence electrons. The van der Waals surface area contributed by atoms with Crippen molar-refractivity contribution in [2.45, 2.75) is 59.9 Å². The fraction of sp³-hybridized carbons (Fsp3) is 0.667. The van der Waals surface area contributed by atoms with Crippen LogP contribution in [0.3, 0.4) is 0 Å². The van der Waals surface area contributed by atoms with E-state index in [1.165, 1.54) is 30.4 Å². The summed E-state index contributed by atoms with van der Waals surface area (Å²) in [6, 6.07) is 2.58. The molecule has 0 bridgehead atoms. The summed E-state index contributed by atoms with van der Waals surface area (Å²) >= 11 is 0. The summed E-state index contributed by atoms with van der Waals surface area (Å²) in [5.74, 6) is 0. The number of hydrogen-bond donors (Lipinski definition) is 1. The van der Waals surface area contributed by atoms with Gasteiger partial charge in [0.25, 0.3) is 0 Å². The number of pyridine rings is 1. The Bertz CT molecular complexity index is 335. The summed E-state index contributed by atoms with van der Waals surface area (Å²) < 4.78 is 0. The summed E-state index contributed by atoms with van der Waals surface area (Å²) in [7, 11) is 0. The van der Waals surface area contributed by atoms with Crippen molar-refractivity contribution in [2.24, 2.45) is 0 Å². The first-order valence-electron chi connectivity index (χ1n) is 6.74. The maximum absolute atomic E-state index is 4.56. The predicted octanol–water partition coefficient (Wildman–Crippen LogP) is 3.85. The van der Waals surface area contributed by atoms with E-state index in [9.17, 15) is 0 Å². The van der Waals surface area contributed by atoms with E-state index >= 15 is 0 Å². The number of hydrogen-bond acceptors (Lipinski definition) is 2. The zero-order valence-corrected chi connectivity index (χ0v) is 11.9. The van der Waals surface area contributed by atoms with Crippen LogP contribution < -0.4 is 5.32 Å². The van der Waals surface area contributed by atoms with Crippen molar-refractivity contribution in [3.63, 3.8) is 0 Å². The van der Waals surface area contributed by atoms with Gasteiger partial charge in [-0.05, 0) is 57.9 Å². The van der Waals surface area contributed by atoms with E-state index in [1.54, 1.807) is 0 Å². The molecule has 0 fully saturated rings. The molecule has 0 saturated carbocycles. The van der Waals surface area contributed by atoms with E-state index in [4.69, 9.17) is 0 Å². The highest BCUT2D eigenvalue weighted by molar-refractivity contribution is 5.33. The minimum Gasteiger partial charge on any atom is -0.310 e. The first kappa shape index (κ1) is 14.2. The van der Waals surface area contributed by atoms with Crippen LogP contribution in [0.1, 0.15) is 61.7 Å². The molecule has 1 heterocycles. The lowest BCUT2D eigenvalue weighted by Crippen LogP contribution is -2.22. The maximum atomic E-state index is 4.56. The van der Waals surface area contributed by atoms with Crippen molar-refractivity contribution in [3.05, 3.63) is 28.6 Å². The van der Waals surface area contributed by atoms with Crippen molar-refractivity contribution >= 4 is 0 Å². The van der Waals surface area contributed by atoms with Crippen molar-refractivity contribution in [1.29, 1.82) is 0 Å². The average Bonchev–Trinajstić information content (AvgIpc) is 2.23. The second-order valence-electron chi connectivity index (χ2n) is 4.96. The number of aromatic nitrogens is 1. The van der Waals surface area contributed by atoms with Gasteiger partial charge in [0.2, 0.25) is 0 Å². The second kappa shape index (κ2) is 6.75. The van der Waals surface area contributed by atoms with Gasteiger partial charge in [0.1, 0.15) is 0 Å². The molecule has 0 saturated heterocycles. The Labute approximate surface area is 106 Å². The zero-order chi connectivity index (χ0) is 12.8. The molecule has 1 aromatic rings. The monoisotopic (exact) mass is 234 g/mol. The van der Waals surface area contributed by atoms with Crippen LogP contribution in [0.5, 0.6) is 0 Å². The fourth-order valence-corrected chi connectivity index (χ4v) is 2.48. The normalized spacial score (nSPS) is 12.8. The van der Waals surface area contributed by atoms with Crippen LogP contribution in [0.25, 0.3) is 0 Å². The summed E-state index contributed by atoms with van der Waals surface area (Å²) in [5.41, 5.74) is 5.00. The highest BCUT2D eigenvalue weighted by Crippen LogP contribution is 2.21. The van der Waals surface area contributed by atoms with Gasteiger partial charge in [-0.1, -0.05) is 19.8 Å². The van der Waals surface area contributed by atoms with E-state index < -0.39 is 0 Å². The molecule has 1 aromatic heterocycles. The predicted molar refractivity (Wildman–Crippen MR) is 74.4 cm³/mol. The van der Waals surface area contributed by atoms with E-state index in [0.717, 1.165) is 17.9 Å². The van der Waals surface area contributed by atoms with Crippen LogP contribution in [-0.2, 0) is 0 Å². The fourth-order valence-electron chi connectivity index (χ4n) is 2.48. The molecule has 0 aliphatic carbocycles. The molecule has 1 unspecified atom stereocenters. The zero-order valence-electron chi connectivity index (χ0n) is 11.9. The molecule has 0 amide bonds. The van der Waals surface area contributed by atoms with Crippen LogP contribution in [0, 0.1) is 20.8 Å². The Morgan fingerprint density at radius 2 is 1.94 bits per heavy atom. The highest BCUT2D eigenvalue weighted by Gasteiger charge is 2.12. The standard InChI is InChI=1S/C15H26N2/c1-6-7-8-9-16-13(4)15-11(2)10-12(3)17-14(15)5/h10,13,16H,6-9H2,1-5H3. The Morgan fingerprint density at radius 1 is 1.24 bits per heavy atom. The van der Waals surface area contributed by atoms with E-state index in [1.807, 2.05) is 0 Å². The quantitative estimate of drug-likeness (QED) is 0.756. The van der Waals surface area contributed by atoms with Crippen LogP contribution in [0.15, 0.2) is 6.07 Å². The van der Waals surface area contributed by atoms with Gasteiger partial charge in [-0.2, -0.15) is 0 Å². The van der Waals surface area contributed by atoms with Crippen molar-refractivity contribution in [2.75, 3.05) is 6.54 Å². The number of rotatable bonds is 6. The smallest absolute Gasteiger partial charge is 0.0426 e. The molecule has 1 atom stereocenters. The Morgan fingerprint density at radius 3 is 2.53 bits per heavy atom. The first-order chi connectivity index (χ1) is 8.06. The number of nitrogens with zero attached hydrogens (tertiary/aromatic N) is 1. The average molecular weight is 234 g/mol. The van der Waals surface area contributed by atoms with Crippen molar-refractivity contribution < 1.29 is 0 Å². The second-order valence-corrected chi connectivity index (χ2v) is 4.96. The lowest BCUT2D eigenvalue weighted by atomic mass is 10.0. The summed E-state index contributed by atoms with van der Waals surface area (Å²) in [6.45, 7) is 11.9. The van der Waals surface area contributed by atoms with Crippen LogP contribution >= 0.6 is 0 Å². The minimum atomic E-state index is 0.403. The lowest BCUT2D eigenvalue weighted by Gasteiger charge is -2.19. The number of aryl methyl sites for hydroxylation is 3. The van der Waals surface area contributed by atoms with E-state index in [0.29, 0.717) is 6.04 Å². The SMILES string of the molecule is CCCCCNC(C)c1c(C)cc(C)nc1C. The third-order valence-electron chi connectivity index (χ3n) is 3.25. The molecule has 0 aliphatic heterocycles. The highest BCUT2D eigenvalue weighted by atomic mass is 14.9. The lowest BCUT2D eigenvalue weighted by molar-refractivity contribution is 0.538. The van der Waals surface area contributed by atoms with Gasteiger partial charge in [0, 0.05) is 17.4 Å². The molecule has 1 rings (SSSR count). The Hall–Kier alpha value is -0.890. The van der Waals surface area contributed by atoms with Gasteiger partial charge in [-0.3, -0.25) is 4.98 Å². The Kier molecular flexibility index (Phi) is 5.63. The molecular formula is C15H26N2. The summed E-state index contributed by atoms with van der Waals surface area (Å²) in [5, 5.41) is 3.59. The van der Waals surface area contributed by atoms with Crippen molar-refractivity contribution in [3.8, 4) is 0 Å². The molecule has 1 N–H and O–H groups in total. The number of unbranched alkanes of at least 4 members (excludes halogenated alkanes) is 2. The van der Waals surface area contributed by atoms with Crippen LogP contribution in [-0.4, -0.2) is 11.5 Å². The van der Waals surface area contributed by atoms with Gasteiger partial charge in [-0.15, -0.1) is 0 Å². The molecule has 0 aromatic carbocycles. The number of nitrogens with one attached hydrogen (secondary N) is 1. The van der Waals surface area contributed by atoms with Crippen molar-refractivity contribution in [1.82, 2.24) is 10.3 Å². The van der Waals surface area contributed by atoms with Gasteiger partial charge in [0.15, 0.2) is 0 Å². The minimum absolute atomic E-state index is 0.403. The largest absolute Gasteiger partial charge is 0.310 e. The molecular weight excluding hydrogens is 208 g/mol. The maximum Gasteiger partial charge on any atom is 0.0426 e. The third kappa shape index (κ3) is 4.12. The topological polar surface area (TPSA) is 24.9 Å². The van der Waals surface area contributed by atoms with Crippen LogP contribution in [0.4, 0.5) is 0 Å². The van der Waals surface area contributed by atoms with E-state index in [2.05, 4.69) is 51.0 Å².